The lowest BCUT2D eigenvalue weighted by Gasteiger charge is -2.33. The van der Waals surface area contributed by atoms with E-state index in [0.29, 0.717) is 6.61 Å². The van der Waals surface area contributed by atoms with E-state index in [1.54, 1.807) is 0 Å². The zero-order valence-electron chi connectivity index (χ0n) is 21.6. The highest BCUT2D eigenvalue weighted by atomic mass is 16.7. The Morgan fingerprint density at radius 3 is 1.70 bits per heavy atom. The molecule has 0 radical (unpaired) electrons. The SMILES string of the molecule is C[N+](C)(C)CCCCCCCC[N+](C)(C)CC1COC(c2ccccc2)(c2ccccc2)O1. The van der Waals surface area contributed by atoms with Crippen molar-refractivity contribution in [1.29, 1.82) is 0 Å². The fourth-order valence-corrected chi connectivity index (χ4v) is 4.86. The summed E-state index contributed by atoms with van der Waals surface area (Å²) in [5.41, 5.74) is 2.13. The zero-order chi connectivity index (χ0) is 23.8. The second-order valence-corrected chi connectivity index (χ2v) is 11.4. The molecule has 1 heterocycles. The maximum atomic E-state index is 6.72. The van der Waals surface area contributed by atoms with Gasteiger partial charge in [-0.2, -0.15) is 0 Å². The number of hydrogen-bond acceptors (Lipinski definition) is 2. The van der Waals surface area contributed by atoms with Crippen molar-refractivity contribution < 1.29 is 18.4 Å². The molecule has 0 saturated carbocycles. The van der Waals surface area contributed by atoms with E-state index < -0.39 is 5.79 Å². The van der Waals surface area contributed by atoms with Gasteiger partial charge in [-0.05, 0) is 25.7 Å². The Kier molecular flexibility index (Phi) is 9.11. The van der Waals surface area contributed by atoms with Gasteiger partial charge in [-0.15, -0.1) is 0 Å². The zero-order valence-corrected chi connectivity index (χ0v) is 21.6. The molecule has 1 aliphatic heterocycles. The molecule has 1 aliphatic rings. The quantitative estimate of drug-likeness (QED) is 0.297. The van der Waals surface area contributed by atoms with Crippen molar-refractivity contribution in [2.45, 2.75) is 50.4 Å². The summed E-state index contributed by atoms with van der Waals surface area (Å²) in [6.45, 7) is 4.05. The largest absolute Gasteiger partial charge is 0.339 e. The second-order valence-electron chi connectivity index (χ2n) is 11.4. The van der Waals surface area contributed by atoms with Gasteiger partial charge in [0.15, 0.2) is 0 Å². The predicted molar refractivity (Wildman–Crippen MR) is 137 cm³/mol. The molecule has 4 nitrogen and oxygen atoms in total. The molecule has 0 N–H and O–H groups in total. The maximum Gasteiger partial charge on any atom is 0.222 e. The lowest BCUT2D eigenvalue weighted by molar-refractivity contribution is -0.893. The fourth-order valence-electron chi connectivity index (χ4n) is 4.86. The van der Waals surface area contributed by atoms with Crippen molar-refractivity contribution in [1.82, 2.24) is 0 Å². The van der Waals surface area contributed by atoms with Crippen LogP contribution in [0.1, 0.15) is 49.7 Å². The summed E-state index contributed by atoms with van der Waals surface area (Å²) in [6, 6.07) is 20.7. The first-order valence-corrected chi connectivity index (χ1v) is 12.8. The molecule has 33 heavy (non-hydrogen) atoms. The highest BCUT2D eigenvalue weighted by Gasteiger charge is 2.46. The molecular weight excluding hydrogens is 408 g/mol. The Balaban J connectivity index is 1.48. The van der Waals surface area contributed by atoms with Crippen molar-refractivity contribution in [3.63, 3.8) is 0 Å². The first-order valence-electron chi connectivity index (χ1n) is 12.8. The molecule has 0 amide bonds. The Labute approximate surface area is 202 Å². The van der Waals surface area contributed by atoms with Gasteiger partial charge in [0.1, 0.15) is 12.6 Å². The third kappa shape index (κ3) is 7.92. The van der Waals surface area contributed by atoms with Gasteiger partial charge in [0.25, 0.3) is 0 Å². The Hall–Kier alpha value is -1.72. The molecule has 2 aromatic rings. The summed E-state index contributed by atoms with van der Waals surface area (Å²) in [7, 11) is 11.5. The minimum atomic E-state index is -0.807. The number of ether oxygens (including phenoxy) is 2. The van der Waals surface area contributed by atoms with Crippen LogP contribution in [0.5, 0.6) is 0 Å². The average Bonchev–Trinajstić information content (AvgIpc) is 3.20. The molecule has 2 aromatic carbocycles. The van der Waals surface area contributed by atoms with Crippen LogP contribution in [0.3, 0.4) is 0 Å². The van der Waals surface area contributed by atoms with Crippen LogP contribution in [0.4, 0.5) is 0 Å². The predicted octanol–water partition coefficient (Wildman–Crippen LogP) is 5.43. The van der Waals surface area contributed by atoms with Crippen molar-refractivity contribution in [2.75, 3.05) is 61.5 Å². The summed E-state index contributed by atoms with van der Waals surface area (Å²) in [5.74, 6) is -0.807. The van der Waals surface area contributed by atoms with Gasteiger partial charge in [-0.3, -0.25) is 0 Å². The number of benzene rings is 2. The number of nitrogens with zero attached hydrogens (tertiary/aromatic N) is 2. The molecule has 182 valence electrons. The van der Waals surface area contributed by atoms with E-state index in [4.69, 9.17) is 9.47 Å². The van der Waals surface area contributed by atoms with E-state index in [1.807, 2.05) is 12.1 Å². The van der Waals surface area contributed by atoms with Gasteiger partial charge in [0, 0.05) is 11.1 Å². The molecule has 0 bridgehead atoms. The van der Waals surface area contributed by atoms with Crippen LogP contribution in [0, 0.1) is 0 Å². The lowest BCUT2D eigenvalue weighted by atomic mass is 9.97. The Bertz CT molecular complexity index is 775. The molecule has 1 unspecified atom stereocenters. The summed E-state index contributed by atoms with van der Waals surface area (Å²) in [5, 5.41) is 0. The molecule has 1 fully saturated rings. The molecule has 0 aliphatic carbocycles. The monoisotopic (exact) mass is 454 g/mol. The molecule has 0 aromatic heterocycles. The highest BCUT2D eigenvalue weighted by molar-refractivity contribution is 5.34. The molecule has 4 heteroatoms. The highest BCUT2D eigenvalue weighted by Crippen LogP contribution is 2.40. The summed E-state index contributed by atoms with van der Waals surface area (Å²) >= 11 is 0. The summed E-state index contributed by atoms with van der Waals surface area (Å²) < 4.78 is 15.2. The first kappa shape index (κ1) is 25.9. The normalized spacial score (nSPS) is 18.5. The van der Waals surface area contributed by atoms with Gasteiger partial charge in [-0.1, -0.05) is 73.5 Å². The lowest BCUT2D eigenvalue weighted by Crippen LogP contribution is -2.47. The van der Waals surface area contributed by atoms with E-state index in [0.717, 1.165) is 26.6 Å². The smallest absolute Gasteiger partial charge is 0.222 e. The van der Waals surface area contributed by atoms with Gasteiger partial charge < -0.3 is 18.4 Å². The van der Waals surface area contributed by atoms with Gasteiger partial charge in [-0.25, -0.2) is 0 Å². The first-order chi connectivity index (χ1) is 15.7. The van der Waals surface area contributed by atoms with Gasteiger partial charge >= 0.3 is 0 Å². The topological polar surface area (TPSA) is 18.5 Å². The van der Waals surface area contributed by atoms with E-state index in [2.05, 4.69) is 83.8 Å². The number of likely N-dealkylation sites (N-methyl/N-ethyl adjacent to an activating group) is 1. The number of hydrogen-bond donors (Lipinski definition) is 0. The van der Waals surface area contributed by atoms with Gasteiger partial charge in [0.05, 0.1) is 54.9 Å². The Morgan fingerprint density at radius 1 is 0.697 bits per heavy atom. The van der Waals surface area contributed by atoms with Crippen LogP contribution in [-0.2, 0) is 15.3 Å². The number of unbranched alkanes of at least 4 members (excludes halogenated alkanes) is 5. The Morgan fingerprint density at radius 2 is 1.18 bits per heavy atom. The molecule has 3 rings (SSSR count). The minimum absolute atomic E-state index is 0.0796. The number of quaternary nitrogens is 2. The van der Waals surface area contributed by atoms with Crippen molar-refractivity contribution in [3.8, 4) is 0 Å². The minimum Gasteiger partial charge on any atom is -0.339 e. The molecular formula is C29H46N2O2+2. The standard InChI is InChI=1S/C29H46N2O2/c1-30(2,3)22-16-8-6-7-9-17-23-31(4,5)24-28-25-32-29(33-28,26-18-12-10-13-19-26)27-20-14-11-15-21-27/h10-15,18-21,28H,6-9,16-17,22-25H2,1-5H3/q+2. The van der Waals surface area contributed by atoms with Crippen LogP contribution in [-0.4, -0.2) is 76.5 Å². The third-order valence-electron chi connectivity index (χ3n) is 6.65. The summed E-state index contributed by atoms with van der Waals surface area (Å²) in [6.07, 6.45) is 8.10. The number of rotatable bonds is 13. The van der Waals surface area contributed by atoms with E-state index in [1.165, 1.54) is 51.6 Å². The van der Waals surface area contributed by atoms with E-state index in [-0.39, 0.29) is 6.10 Å². The summed E-state index contributed by atoms with van der Waals surface area (Å²) in [4.78, 5) is 0. The van der Waals surface area contributed by atoms with Crippen LogP contribution in [0.2, 0.25) is 0 Å². The van der Waals surface area contributed by atoms with Crippen LogP contribution in [0.25, 0.3) is 0 Å². The van der Waals surface area contributed by atoms with Crippen LogP contribution < -0.4 is 0 Å². The van der Waals surface area contributed by atoms with Crippen molar-refractivity contribution in [3.05, 3.63) is 71.8 Å². The molecule has 1 saturated heterocycles. The van der Waals surface area contributed by atoms with Gasteiger partial charge in [0.2, 0.25) is 5.79 Å². The average molecular weight is 455 g/mol. The fraction of sp³-hybridized carbons (Fsp3) is 0.586. The van der Waals surface area contributed by atoms with Crippen LogP contribution >= 0.6 is 0 Å². The van der Waals surface area contributed by atoms with Crippen LogP contribution in [0.15, 0.2) is 60.7 Å². The third-order valence-corrected chi connectivity index (χ3v) is 6.65. The second kappa shape index (κ2) is 11.6. The van der Waals surface area contributed by atoms with E-state index >= 15 is 0 Å². The van der Waals surface area contributed by atoms with Crippen molar-refractivity contribution >= 4 is 0 Å². The maximum absolute atomic E-state index is 6.72. The van der Waals surface area contributed by atoms with Crippen molar-refractivity contribution in [2.24, 2.45) is 0 Å². The molecule has 0 spiro atoms. The van der Waals surface area contributed by atoms with E-state index in [9.17, 15) is 0 Å². The molecule has 1 atom stereocenters.